The molecular weight excluding hydrogens is 336 g/mol. The van der Waals surface area contributed by atoms with Crippen molar-refractivity contribution in [3.8, 4) is 0 Å². The minimum Gasteiger partial charge on any atom is -0.345 e. The quantitative estimate of drug-likeness (QED) is 0.665. The van der Waals surface area contributed by atoms with Gasteiger partial charge in [-0.3, -0.25) is 9.88 Å². The number of hydrogen-bond donors (Lipinski definition) is 0. The first-order valence-corrected chi connectivity index (χ1v) is 10.2. The molecule has 0 unspecified atom stereocenters. The van der Waals surface area contributed by atoms with E-state index in [1.54, 1.807) is 11.8 Å². The van der Waals surface area contributed by atoms with E-state index in [1.165, 1.54) is 15.2 Å². The minimum absolute atomic E-state index is 0.985. The molecule has 1 aromatic carbocycles. The van der Waals surface area contributed by atoms with Crippen molar-refractivity contribution in [1.82, 2.24) is 14.9 Å². The van der Waals surface area contributed by atoms with Gasteiger partial charge in [0.25, 0.3) is 0 Å². The van der Waals surface area contributed by atoms with Crippen LogP contribution in [0.15, 0.2) is 47.6 Å². The van der Waals surface area contributed by atoms with Crippen LogP contribution in [0.4, 0.5) is 5.13 Å². The number of benzene rings is 1. The third-order valence-corrected chi connectivity index (χ3v) is 6.16. The molecule has 0 N–H and O–H groups in total. The molecule has 1 fully saturated rings. The van der Waals surface area contributed by atoms with E-state index in [-0.39, 0.29) is 0 Å². The molecule has 24 heavy (non-hydrogen) atoms. The fourth-order valence-corrected chi connectivity index (χ4v) is 4.57. The van der Waals surface area contributed by atoms with E-state index >= 15 is 0 Å². The van der Waals surface area contributed by atoms with Gasteiger partial charge >= 0.3 is 0 Å². The molecule has 0 amide bonds. The predicted molar refractivity (Wildman–Crippen MR) is 103 cm³/mol. The highest BCUT2D eigenvalue weighted by Crippen LogP contribution is 2.32. The second-order valence-corrected chi connectivity index (χ2v) is 7.84. The second-order valence-electron chi connectivity index (χ2n) is 5.95. The lowest BCUT2D eigenvalue weighted by molar-refractivity contribution is 0.249. The van der Waals surface area contributed by atoms with E-state index in [4.69, 9.17) is 4.98 Å². The molecule has 0 bridgehead atoms. The summed E-state index contributed by atoms with van der Waals surface area (Å²) in [4.78, 5) is 15.2. The molecule has 6 heteroatoms. The van der Waals surface area contributed by atoms with Gasteiger partial charge in [0.2, 0.25) is 0 Å². The highest BCUT2D eigenvalue weighted by Gasteiger charge is 2.20. The Morgan fingerprint density at radius 3 is 2.79 bits per heavy atom. The summed E-state index contributed by atoms with van der Waals surface area (Å²) in [5.41, 5.74) is 2.40. The summed E-state index contributed by atoms with van der Waals surface area (Å²) in [5, 5.41) is 1.16. The molecule has 1 aliphatic rings. The Bertz CT molecular complexity index is 810. The third kappa shape index (κ3) is 3.41. The first-order chi connectivity index (χ1) is 11.8. The Labute approximate surface area is 150 Å². The van der Waals surface area contributed by atoms with Crippen molar-refractivity contribution >= 4 is 38.4 Å². The zero-order valence-electron chi connectivity index (χ0n) is 13.7. The van der Waals surface area contributed by atoms with Crippen LogP contribution in [0, 0.1) is 0 Å². The summed E-state index contributed by atoms with van der Waals surface area (Å²) >= 11 is 3.59. The monoisotopic (exact) mass is 356 g/mol. The molecule has 2 aromatic heterocycles. The summed E-state index contributed by atoms with van der Waals surface area (Å²) in [6, 6.07) is 10.7. The maximum Gasteiger partial charge on any atom is 0.186 e. The van der Waals surface area contributed by atoms with Crippen molar-refractivity contribution in [3.05, 3.63) is 48.3 Å². The van der Waals surface area contributed by atoms with Crippen molar-refractivity contribution in [2.75, 3.05) is 37.3 Å². The molecule has 0 atom stereocenters. The first kappa shape index (κ1) is 15.9. The van der Waals surface area contributed by atoms with Gasteiger partial charge in [-0.1, -0.05) is 17.4 Å². The maximum absolute atomic E-state index is 4.83. The summed E-state index contributed by atoms with van der Waals surface area (Å²) in [6.45, 7) is 5.20. The highest BCUT2D eigenvalue weighted by molar-refractivity contribution is 7.98. The van der Waals surface area contributed by atoms with E-state index in [9.17, 15) is 0 Å². The summed E-state index contributed by atoms with van der Waals surface area (Å²) in [6.07, 6.45) is 5.91. The summed E-state index contributed by atoms with van der Waals surface area (Å²) in [5.74, 6) is 0. The van der Waals surface area contributed by atoms with Gasteiger partial charge in [0, 0.05) is 50.0 Å². The number of aromatic nitrogens is 2. The molecule has 4 nitrogen and oxygen atoms in total. The van der Waals surface area contributed by atoms with Crippen LogP contribution in [0.3, 0.4) is 0 Å². The minimum atomic E-state index is 0.985. The van der Waals surface area contributed by atoms with Crippen molar-refractivity contribution in [2.24, 2.45) is 0 Å². The number of rotatable bonds is 4. The lowest BCUT2D eigenvalue weighted by Crippen LogP contribution is -2.45. The standard InChI is InChI=1S/C18H20N4S2/c1-23-15-4-5-16-17(11-15)24-18(20-16)22-9-7-21(8-10-22)13-14-3-2-6-19-12-14/h2-6,11-12H,7-10,13H2,1H3. The lowest BCUT2D eigenvalue weighted by Gasteiger charge is -2.34. The molecule has 3 heterocycles. The van der Waals surface area contributed by atoms with Gasteiger partial charge in [-0.05, 0) is 36.1 Å². The Morgan fingerprint density at radius 2 is 2.04 bits per heavy atom. The van der Waals surface area contributed by atoms with Crippen molar-refractivity contribution < 1.29 is 0 Å². The molecule has 0 spiro atoms. The van der Waals surface area contributed by atoms with Crippen LogP contribution in [0.1, 0.15) is 5.56 Å². The molecule has 1 saturated heterocycles. The van der Waals surface area contributed by atoms with E-state index < -0.39 is 0 Å². The number of thioether (sulfide) groups is 1. The van der Waals surface area contributed by atoms with Gasteiger partial charge in [0.05, 0.1) is 10.2 Å². The largest absolute Gasteiger partial charge is 0.345 e. The Morgan fingerprint density at radius 1 is 1.17 bits per heavy atom. The molecule has 3 aromatic rings. The lowest BCUT2D eigenvalue weighted by atomic mass is 10.2. The number of anilines is 1. The predicted octanol–water partition coefficient (Wildman–Crippen LogP) is 3.74. The molecule has 0 aliphatic carbocycles. The van der Waals surface area contributed by atoms with E-state index in [2.05, 4.69) is 45.3 Å². The smallest absolute Gasteiger partial charge is 0.186 e. The third-order valence-electron chi connectivity index (χ3n) is 4.36. The number of nitrogens with zero attached hydrogens (tertiary/aromatic N) is 4. The van der Waals surface area contributed by atoms with Crippen LogP contribution >= 0.6 is 23.1 Å². The molecule has 0 saturated carbocycles. The average Bonchev–Trinajstić information content (AvgIpc) is 3.06. The number of piperazine rings is 1. The highest BCUT2D eigenvalue weighted by atomic mass is 32.2. The zero-order chi connectivity index (χ0) is 16.4. The molecule has 124 valence electrons. The molecule has 4 rings (SSSR count). The van der Waals surface area contributed by atoms with Crippen LogP contribution < -0.4 is 4.90 Å². The Balaban J connectivity index is 1.42. The van der Waals surface area contributed by atoms with Crippen LogP contribution in [-0.2, 0) is 6.54 Å². The van der Waals surface area contributed by atoms with Gasteiger partial charge in [0.15, 0.2) is 5.13 Å². The normalized spacial score (nSPS) is 16.0. The molecule has 1 aliphatic heterocycles. The van der Waals surface area contributed by atoms with Crippen molar-refractivity contribution in [3.63, 3.8) is 0 Å². The first-order valence-electron chi connectivity index (χ1n) is 8.12. The fourth-order valence-electron chi connectivity index (χ4n) is 3.00. The summed E-state index contributed by atoms with van der Waals surface area (Å²) < 4.78 is 1.29. The number of fused-ring (bicyclic) bond motifs is 1. The van der Waals surface area contributed by atoms with Gasteiger partial charge in [-0.25, -0.2) is 4.98 Å². The SMILES string of the molecule is CSc1ccc2nc(N3CCN(Cc4cccnc4)CC3)sc2c1. The van der Waals surface area contributed by atoms with Gasteiger partial charge in [0.1, 0.15) is 0 Å². The van der Waals surface area contributed by atoms with Gasteiger partial charge in [-0.2, -0.15) is 0 Å². The zero-order valence-corrected chi connectivity index (χ0v) is 15.3. The van der Waals surface area contributed by atoms with E-state index in [1.807, 2.05) is 29.8 Å². The average molecular weight is 357 g/mol. The van der Waals surface area contributed by atoms with Crippen molar-refractivity contribution in [1.29, 1.82) is 0 Å². The second kappa shape index (κ2) is 7.09. The van der Waals surface area contributed by atoms with Crippen LogP contribution in [0.5, 0.6) is 0 Å². The Kier molecular flexibility index (Phi) is 4.69. The number of pyridine rings is 1. The number of hydrogen-bond acceptors (Lipinski definition) is 6. The summed E-state index contributed by atoms with van der Waals surface area (Å²) in [7, 11) is 0. The van der Waals surface area contributed by atoms with E-state index in [0.29, 0.717) is 0 Å². The van der Waals surface area contributed by atoms with E-state index in [0.717, 1.165) is 43.4 Å². The fraction of sp³-hybridized carbons (Fsp3) is 0.333. The Hall–Kier alpha value is -1.63. The molecular formula is C18H20N4S2. The van der Waals surface area contributed by atoms with Crippen LogP contribution in [0.25, 0.3) is 10.2 Å². The van der Waals surface area contributed by atoms with Crippen molar-refractivity contribution in [2.45, 2.75) is 11.4 Å². The van der Waals surface area contributed by atoms with Gasteiger partial charge < -0.3 is 4.90 Å². The maximum atomic E-state index is 4.83. The van der Waals surface area contributed by atoms with Gasteiger partial charge in [-0.15, -0.1) is 11.8 Å². The molecule has 0 radical (unpaired) electrons. The topological polar surface area (TPSA) is 32.3 Å². The van der Waals surface area contributed by atoms with Crippen LogP contribution in [-0.4, -0.2) is 47.3 Å². The number of thiazole rings is 1. The van der Waals surface area contributed by atoms with Crippen LogP contribution in [0.2, 0.25) is 0 Å².